The van der Waals surface area contributed by atoms with Crippen LogP contribution in [0.5, 0.6) is 0 Å². The second-order valence-electron chi connectivity index (χ2n) is 5.58. The first-order valence-corrected chi connectivity index (χ1v) is 7.24. The fourth-order valence-electron chi connectivity index (χ4n) is 2.03. The largest absolute Gasteiger partial charge is 0.443 e. The molecule has 1 aromatic heterocycles. The van der Waals surface area contributed by atoms with Crippen LogP contribution in [0.25, 0.3) is 0 Å². The van der Waals surface area contributed by atoms with Gasteiger partial charge in [0.15, 0.2) is 11.5 Å². The minimum absolute atomic E-state index is 0.140. The fraction of sp³-hybridized carbons (Fsp3) is 0.562. The average molecular weight is 307 g/mol. The standard InChI is InChI=1S/C16H21NO5/c1-4-21-14-10-20-9-12(14)17-15(18)13-6-5-11(22-13)7-8-16(2,3)19/h5-6,12,14,19H,4,9-10H2,1-3H3,(H,17,18)/t12-,14-/m0/s1. The predicted molar refractivity (Wildman–Crippen MR) is 79.4 cm³/mol. The molecule has 2 atom stereocenters. The van der Waals surface area contributed by atoms with Gasteiger partial charge >= 0.3 is 0 Å². The molecule has 1 aliphatic rings. The van der Waals surface area contributed by atoms with Crippen molar-refractivity contribution in [1.29, 1.82) is 0 Å². The number of hydrogen-bond acceptors (Lipinski definition) is 5. The van der Waals surface area contributed by atoms with Gasteiger partial charge in [-0.2, -0.15) is 0 Å². The maximum absolute atomic E-state index is 12.2. The number of ether oxygens (including phenoxy) is 2. The molecule has 2 heterocycles. The Balaban J connectivity index is 1.98. The first-order chi connectivity index (χ1) is 10.4. The molecule has 6 heteroatoms. The fourth-order valence-corrected chi connectivity index (χ4v) is 2.03. The van der Waals surface area contributed by atoms with E-state index in [4.69, 9.17) is 13.9 Å². The van der Waals surface area contributed by atoms with E-state index in [1.807, 2.05) is 6.92 Å². The summed E-state index contributed by atoms with van der Waals surface area (Å²) in [7, 11) is 0. The van der Waals surface area contributed by atoms with Crippen LogP contribution in [0.1, 0.15) is 37.1 Å². The average Bonchev–Trinajstić information content (AvgIpc) is 3.06. The highest BCUT2D eigenvalue weighted by atomic mass is 16.5. The smallest absolute Gasteiger partial charge is 0.287 e. The van der Waals surface area contributed by atoms with Gasteiger partial charge in [0, 0.05) is 6.61 Å². The van der Waals surface area contributed by atoms with Crippen LogP contribution in [0.3, 0.4) is 0 Å². The molecule has 0 aromatic carbocycles. The zero-order valence-electron chi connectivity index (χ0n) is 13.0. The monoisotopic (exact) mass is 307 g/mol. The Labute approximate surface area is 129 Å². The van der Waals surface area contributed by atoms with E-state index in [1.54, 1.807) is 26.0 Å². The van der Waals surface area contributed by atoms with E-state index in [1.165, 1.54) is 0 Å². The van der Waals surface area contributed by atoms with Crippen molar-refractivity contribution in [3.8, 4) is 11.8 Å². The lowest BCUT2D eigenvalue weighted by Crippen LogP contribution is -2.43. The van der Waals surface area contributed by atoms with Crippen LogP contribution in [-0.2, 0) is 9.47 Å². The summed E-state index contributed by atoms with van der Waals surface area (Å²) in [5, 5.41) is 12.4. The topological polar surface area (TPSA) is 80.9 Å². The van der Waals surface area contributed by atoms with E-state index in [9.17, 15) is 9.90 Å². The van der Waals surface area contributed by atoms with Crippen molar-refractivity contribution in [2.24, 2.45) is 0 Å². The highest BCUT2D eigenvalue weighted by molar-refractivity contribution is 5.91. The minimum atomic E-state index is -1.11. The first kappa shape index (κ1) is 16.6. The van der Waals surface area contributed by atoms with Crippen LogP contribution in [0.2, 0.25) is 0 Å². The first-order valence-electron chi connectivity index (χ1n) is 7.24. The number of furan rings is 1. The van der Waals surface area contributed by atoms with Gasteiger partial charge in [-0.15, -0.1) is 0 Å². The maximum atomic E-state index is 12.2. The van der Waals surface area contributed by atoms with Gasteiger partial charge in [-0.1, -0.05) is 5.92 Å². The molecule has 1 saturated heterocycles. The Bertz CT molecular complexity index is 575. The van der Waals surface area contributed by atoms with E-state index < -0.39 is 5.60 Å². The van der Waals surface area contributed by atoms with Crippen molar-refractivity contribution in [1.82, 2.24) is 5.32 Å². The lowest BCUT2D eigenvalue weighted by Gasteiger charge is -2.18. The highest BCUT2D eigenvalue weighted by Crippen LogP contribution is 2.12. The number of carbonyl (C=O) groups is 1. The van der Waals surface area contributed by atoms with Crippen LogP contribution in [0, 0.1) is 11.8 Å². The van der Waals surface area contributed by atoms with E-state index in [0.717, 1.165) is 0 Å². The van der Waals surface area contributed by atoms with Gasteiger partial charge in [0.1, 0.15) is 11.7 Å². The summed E-state index contributed by atoms with van der Waals surface area (Å²) in [5.41, 5.74) is -1.11. The van der Waals surface area contributed by atoms with Crippen molar-refractivity contribution >= 4 is 5.91 Å². The van der Waals surface area contributed by atoms with Crippen LogP contribution in [0.4, 0.5) is 0 Å². The normalized spacial score (nSPS) is 21.3. The van der Waals surface area contributed by atoms with Gasteiger partial charge in [0.25, 0.3) is 5.91 Å². The van der Waals surface area contributed by atoms with Crippen molar-refractivity contribution in [3.63, 3.8) is 0 Å². The lowest BCUT2D eigenvalue weighted by molar-refractivity contribution is 0.0399. The Kier molecular flexibility index (Phi) is 5.24. The van der Waals surface area contributed by atoms with Gasteiger partial charge in [-0.3, -0.25) is 4.79 Å². The van der Waals surface area contributed by atoms with Gasteiger partial charge in [0.2, 0.25) is 0 Å². The van der Waals surface area contributed by atoms with Gasteiger partial charge in [0.05, 0.1) is 19.3 Å². The Morgan fingerprint density at radius 2 is 2.27 bits per heavy atom. The summed E-state index contributed by atoms with van der Waals surface area (Å²) in [6, 6.07) is 2.96. The molecule has 0 bridgehead atoms. The Hall–Kier alpha value is -1.81. The second-order valence-corrected chi connectivity index (χ2v) is 5.58. The third-order valence-corrected chi connectivity index (χ3v) is 3.05. The molecular formula is C16H21NO5. The molecule has 1 aromatic rings. The number of nitrogens with one attached hydrogen (secondary N) is 1. The van der Waals surface area contributed by atoms with Crippen LogP contribution in [-0.4, -0.2) is 48.6 Å². The van der Waals surface area contributed by atoms with E-state index >= 15 is 0 Å². The summed E-state index contributed by atoms with van der Waals surface area (Å²) in [5.74, 6) is 5.48. The molecule has 6 nitrogen and oxygen atoms in total. The van der Waals surface area contributed by atoms with E-state index in [2.05, 4.69) is 17.2 Å². The molecule has 1 aliphatic heterocycles. The van der Waals surface area contributed by atoms with Crippen molar-refractivity contribution in [2.45, 2.75) is 38.5 Å². The molecule has 0 radical (unpaired) electrons. The lowest BCUT2D eigenvalue weighted by atomic mass is 10.1. The molecule has 22 heavy (non-hydrogen) atoms. The summed E-state index contributed by atoms with van der Waals surface area (Å²) in [6.45, 7) is 6.51. The number of amides is 1. The van der Waals surface area contributed by atoms with Crippen LogP contribution in [0.15, 0.2) is 16.5 Å². The number of aliphatic hydroxyl groups is 1. The zero-order chi connectivity index (χ0) is 16.2. The summed E-state index contributed by atoms with van der Waals surface area (Å²) in [4.78, 5) is 12.2. The summed E-state index contributed by atoms with van der Waals surface area (Å²) >= 11 is 0. The summed E-state index contributed by atoms with van der Waals surface area (Å²) < 4.78 is 16.2. The van der Waals surface area contributed by atoms with Crippen molar-refractivity contribution in [2.75, 3.05) is 19.8 Å². The predicted octanol–water partition coefficient (Wildman–Crippen LogP) is 0.936. The molecule has 120 valence electrons. The van der Waals surface area contributed by atoms with E-state index in [0.29, 0.717) is 25.6 Å². The Morgan fingerprint density at radius 1 is 1.50 bits per heavy atom. The molecular weight excluding hydrogens is 286 g/mol. The molecule has 0 saturated carbocycles. The van der Waals surface area contributed by atoms with Gasteiger partial charge in [-0.05, 0) is 38.8 Å². The number of hydrogen-bond donors (Lipinski definition) is 2. The van der Waals surface area contributed by atoms with Crippen molar-refractivity contribution < 1.29 is 23.8 Å². The minimum Gasteiger partial charge on any atom is -0.443 e. The molecule has 1 fully saturated rings. The molecule has 0 unspecified atom stereocenters. The number of rotatable bonds is 4. The molecule has 2 rings (SSSR count). The van der Waals surface area contributed by atoms with Gasteiger partial charge in [-0.25, -0.2) is 0 Å². The van der Waals surface area contributed by atoms with Crippen molar-refractivity contribution in [3.05, 3.63) is 23.7 Å². The Morgan fingerprint density at radius 3 is 2.95 bits per heavy atom. The molecule has 2 N–H and O–H groups in total. The zero-order valence-corrected chi connectivity index (χ0v) is 13.0. The number of carbonyl (C=O) groups excluding carboxylic acids is 1. The highest BCUT2D eigenvalue weighted by Gasteiger charge is 2.30. The maximum Gasteiger partial charge on any atom is 0.287 e. The molecule has 0 spiro atoms. The SMILES string of the molecule is CCO[C@H]1COC[C@@H]1NC(=O)c1ccc(C#CC(C)(C)O)o1. The second kappa shape index (κ2) is 6.97. The van der Waals surface area contributed by atoms with E-state index in [-0.39, 0.29) is 23.8 Å². The quantitative estimate of drug-likeness (QED) is 0.809. The molecule has 0 aliphatic carbocycles. The van der Waals surface area contributed by atoms with Crippen LogP contribution >= 0.6 is 0 Å². The third kappa shape index (κ3) is 4.60. The molecule has 1 amide bonds. The van der Waals surface area contributed by atoms with Gasteiger partial charge < -0.3 is 24.3 Å². The third-order valence-electron chi connectivity index (χ3n) is 3.05. The van der Waals surface area contributed by atoms with Crippen LogP contribution < -0.4 is 5.32 Å². The summed E-state index contributed by atoms with van der Waals surface area (Å²) in [6.07, 6.45) is -0.140.